The Hall–Kier alpha value is -2.26. The fraction of sp³-hybridized carbons (Fsp3) is 0.600. The molecule has 1 N–H and O–H groups in total. The Balaban J connectivity index is 1.95. The molecule has 2 aliphatic heterocycles. The summed E-state index contributed by atoms with van der Waals surface area (Å²) in [5, 5.41) is 30.7. The first-order valence-electron chi connectivity index (χ1n) is 8.31. The van der Waals surface area contributed by atoms with Crippen LogP contribution in [0.5, 0.6) is 0 Å². The van der Waals surface area contributed by atoms with Crippen molar-refractivity contribution in [2.24, 2.45) is 0 Å². The van der Waals surface area contributed by atoms with Gasteiger partial charge >= 0.3 is 11.2 Å². The second-order valence-corrected chi connectivity index (χ2v) is 6.45. The van der Waals surface area contributed by atoms with Gasteiger partial charge in [0.25, 0.3) is 0 Å². The minimum Gasteiger partial charge on any atom is -0.359 e. The maximum atomic E-state index is 12.2. The van der Waals surface area contributed by atoms with E-state index in [2.05, 4.69) is 15.4 Å². The van der Waals surface area contributed by atoms with Crippen molar-refractivity contribution >= 4 is 16.7 Å². The smallest absolute Gasteiger partial charge is 0.327 e. The van der Waals surface area contributed by atoms with Gasteiger partial charge in [-0.25, -0.2) is 0 Å². The topological polar surface area (TPSA) is 111 Å². The maximum Gasteiger partial charge on any atom is 0.327 e. The van der Waals surface area contributed by atoms with E-state index in [0.29, 0.717) is 4.90 Å². The number of hydrogen-bond donors (Lipinski definition) is 1. The molecule has 1 aromatic heterocycles. The average molecular weight is 333 g/mol. The summed E-state index contributed by atoms with van der Waals surface area (Å²) in [5.41, 5.74) is 0.198. The van der Waals surface area contributed by atoms with Gasteiger partial charge in [0, 0.05) is 24.7 Å². The van der Waals surface area contributed by atoms with E-state index >= 15 is 0 Å². The SMILES string of the molecule is O=[N+]([O-])c1ccc(C23CCCCCN2CCCN3)c2c1no[n+]2[O-]. The van der Waals surface area contributed by atoms with Crippen molar-refractivity contribution < 1.29 is 14.5 Å². The first-order chi connectivity index (χ1) is 11.6. The van der Waals surface area contributed by atoms with E-state index in [4.69, 9.17) is 4.63 Å². The third kappa shape index (κ3) is 2.15. The van der Waals surface area contributed by atoms with Gasteiger partial charge in [-0.05, 0) is 43.2 Å². The molecule has 1 aromatic carbocycles. The van der Waals surface area contributed by atoms with Crippen molar-refractivity contribution in [3.63, 3.8) is 0 Å². The molecule has 2 fully saturated rings. The Morgan fingerprint density at radius 3 is 2.96 bits per heavy atom. The van der Waals surface area contributed by atoms with E-state index in [-0.39, 0.29) is 16.7 Å². The monoisotopic (exact) mass is 333 g/mol. The van der Waals surface area contributed by atoms with Crippen molar-refractivity contribution in [2.75, 3.05) is 19.6 Å². The fourth-order valence-corrected chi connectivity index (χ4v) is 4.12. The van der Waals surface area contributed by atoms with Crippen LogP contribution in [0.15, 0.2) is 16.8 Å². The summed E-state index contributed by atoms with van der Waals surface area (Å²) in [6.45, 7) is 2.73. The van der Waals surface area contributed by atoms with E-state index in [1.54, 1.807) is 6.07 Å². The standard InChI is InChI=1S/C15H19N5O4/c21-19(22)12-6-5-11(14-13(12)17-24-20(14)23)15-7-2-1-3-9-18(15)10-4-8-16-15/h5-6,16H,1-4,7-10H2. The van der Waals surface area contributed by atoms with Crippen LogP contribution in [0.4, 0.5) is 5.69 Å². The molecular weight excluding hydrogens is 314 g/mol. The largest absolute Gasteiger partial charge is 0.359 e. The minimum absolute atomic E-state index is 0.0124. The van der Waals surface area contributed by atoms with E-state index in [1.165, 1.54) is 6.07 Å². The number of nitrogens with one attached hydrogen (secondary N) is 1. The Labute approximate surface area is 137 Å². The van der Waals surface area contributed by atoms with Gasteiger partial charge in [0.05, 0.1) is 10.1 Å². The molecule has 1 unspecified atom stereocenters. The Morgan fingerprint density at radius 2 is 2.12 bits per heavy atom. The molecule has 24 heavy (non-hydrogen) atoms. The first-order valence-corrected chi connectivity index (χ1v) is 8.31. The summed E-state index contributed by atoms with van der Waals surface area (Å²) in [6.07, 6.45) is 5.17. The van der Waals surface area contributed by atoms with Crippen LogP contribution < -0.4 is 10.2 Å². The Bertz CT molecular complexity index is 792. The lowest BCUT2D eigenvalue weighted by molar-refractivity contribution is -0.782. The first kappa shape index (κ1) is 15.3. The number of nitrogens with zero attached hydrogens (tertiary/aromatic N) is 4. The van der Waals surface area contributed by atoms with Gasteiger partial charge in [0.15, 0.2) is 0 Å². The van der Waals surface area contributed by atoms with E-state index in [1.807, 2.05) is 0 Å². The summed E-state index contributed by atoms with van der Waals surface area (Å²) in [4.78, 5) is 13.4. The molecule has 0 aliphatic carbocycles. The lowest BCUT2D eigenvalue weighted by atomic mass is 9.89. The van der Waals surface area contributed by atoms with Crippen LogP contribution in [0.2, 0.25) is 0 Å². The van der Waals surface area contributed by atoms with Crippen molar-refractivity contribution in [1.82, 2.24) is 15.4 Å². The van der Waals surface area contributed by atoms with Gasteiger partial charge < -0.3 is 5.21 Å². The van der Waals surface area contributed by atoms with Crippen molar-refractivity contribution in [2.45, 2.75) is 37.8 Å². The maximum absolute atomic E-state index is 12.2. The molecule has 0 radical (unpaired) electrons. The zero-order valence-electron chi connectivity index (χ0n) is 13.2. The second kappa shape index (κ2) is 5.67. The normalized spacial score (nSPS) is 25.3. The highest BCUT2D eigenvalue weighted by Crippen LogP contribution is 2.40. The van der Waals surface area contributed by atoms with Crippen LogP contribution in [-0.4, -0.2) is 34.6 Å². The van der Waals surface area contributed by atoms with Crippen LogP contribution in [0.25, 0.3) is 11.0 Å². The molecule has 9 nitrogen and oxygen atoms in total. The highest BCUT2D eigenvalue weighted by Gasteiger charge is 2.45. The van der Waals surface area contributed by atoms with E-state index in [9.17, 15) is 15.3 Å². The van der Waals surface area contributed by atoms with Gasteiger partial charge in [-0.2, -0.15) is 0 Å². The molecule has 3 heterocycles. The molecule has 0 amide bonds. The molecular formula is C15H19N5O4. The molecule has 2 saturated heterocycles. The number of aromatic nitrogens is 2. The predicted molar refractivity (Wildman–Crippen MR) is 84.0 cm³/mol. The number of nitro benzene ring substituents is 1. The van der Waals surface area contributed by atoms with Gasteiger partial charge in [-0.1, -0.05) is 6.42 Å². The molecule has 2 aromatic rings. The number of non-ortho nitro benzene ring substituents is 1. The minimum atomic E-state index is -0.536. The molecule has 0 bridgehead atoms. The molecule has 4 rings (SSSR count). The fourth-order valence-electron chi connectivity index (χ4n) is 4.12. The highest BCUT2D eigenvalue weighted by atomic mass is 16.8. The third-order valence-electron chi connectivity index (χ3n) is 5.19. The number of rotatable bonds is 2. The third-order valence-corrected chi connectivity index (χ3v) is 5.19. The molecule has 128 valence electrons. The number of benzene rings is 1. The van der Waals surface area contributed by atoms with Crippen LogP contribution >= 0.6 is 0 Å². The zero-order chi connectivity index (χ0) is 16.7. The number of hydrogen-bond acceptors (Lipinski definition) is 7. The van der Waals surface area contributed by atoms with Gasteiger partial charge in [-0.15, -0.1) is 0 Å². The molecule has 0 saturated carbocycles. The molecule has 2 aliphatic rings. The molecule has 1 atom stereocenters. The highest BCUT2D eigenvalue weighted by molar-refractivity contribution is 5.84. The Morgan fingerprint density at radius 1 is 1.29 bits per heavy atom. The van der Waals surface area contributed by atoms with E-state index in [0.717, 1.165) is 57.3 Å². The van der Waals surface area contributed by atoms with Crippen LogP contribution in [0.3, 0.4) is 0 Å². The quantitative estimate of drug-likeness (QED) is 0.502. The summed E-state index contributed by atoms with van der Waals surface area (Å²) >= 11 is 0. The summed E-state index contributed by atoms with van der Waals surface area (Å²) < 4.78 is 4.71. The number of nitro groups is 1. The molecule has 9 heteroatoms. The predicted octanol–water partition coefficient (Wildman–Crippen LogP) is 1.39. The van der Waals surface area contributed by atoms with Gasteiger partial charge in [0.1, 0.15) is 5.66 Å². The summed E-state index contributed by atoms with van der Waals surface area (Å²) in [5.74, 6) is 0. The summed E-state index contributed by atoms with van der Waals surface area (Å²) in [7, 11) is 0. The van der Waals surface area contributed by atoms with Crippen LogP contribution in [-0.2, 0) is 5.66 Å². The lowest BCUT2D eigenvalue weighted by Gasteiger charge is -2.47. The number of fused-ring (bicyclic) bond motifs is 2. The van der Waals surface area contributed by atoms with Crippen molar-refractivity contribution in [3.05, 3.63) is 33.0 Å². The average Bonchev–Trinajstić information content (AvgIpc) is 2.83. The van der Waals surface area contributed by atoms with Crippen LogP contribution in [0, 0.1) is 15.3 Å². The summed E-state index contributed by atoms with van der Waals surface area (Å²) in [6, 6.07) is 3.11. The zero-order valence-corrected chi connectivity index (χ0v) is 13.2. The van der Waals surface area contributed by atoms with Gasteiger partial charge in [0.2, 0.25) is 5.52 Å². The Kier molecular flexibility index (Phi) is 3.61. The van der Waals surface area contributed by atoms with Crippen molar-refractivity contribution in [1.29, 1.82) is 0 Å². The second-order valence-electron chi connectivity index (χ2n) is 6.45. The molecule has 0 spiro atoms. The van der Waals surface area contributed by atoms with Gasteiger partial charge in [-0.3, -0.25) is 25.0 Å². The van der Waals surface area contributed by atoms with Crippen LogP contribution in [0.1, 0.15) is 37.7 Å². The van der Waals surface area contributed by atoms with E-state index < -0.39 is 10.6 Å². The lowest BCUT2D eigenvalue weighted by Crippen LogP contribution is -2.60. The van der Waals surface area contributed by atoms with Crippen molar-refractivity contribution in [3.8, 4) is 0 Å².